The standard InChI is InChI=1S/C11H19N3/c1-3-4-11(2)7-10(8-11)9-14-6-5-12-13-14/h5-6,10H,3-4,7-9H2,1-2H3. The minimum Gasteiger partial charge on any atom is -0.252 e. The van der Waals surface area contributed by atoms with Crippen molar-refractivity contribution in [2.24, 2.45) is 11.3 Å². The van der Waals surface area contributed by atoms with Gasteiger partial charge in [0.25, 0.3) is 0 Å². The molecule has 0 radical (unpaired) electrons. The second-order valence-corrected chi connectivity index (χ2v) is 4.96. The lowest BCUT2D eigenvalue weighted by Crippen LogP contribution is -2.36. The van der Waals surface area contributed by atoms with Crippen molar-refractivity contribution in [3.05, 3.63) is 12.4 Å². The summed E-state index contributed by atoms with van der Waals surface area (Å²) in [6, 6.07) is 0. The van der Waals surface area contributed by atoms with Crippen LogP contribution in [0.2, 0.25) is 0 Å². The zero-order valence-corrected chi connectivity index (χ0v) is 9.11. The molecule has 14 heavy (non-hydrogen) atoms. The Morgan fingerprint density at radius 1 is 1.50 bits per heavy atom. The van der Waals surface area contributed by atoms with Crippen LogP contribution in [0.25, 0.3) is 0 Å². The Kier molecular flexibility index (Phi) is 2.57. The number of rotatable bonds is 4. The number of hydrogen-bond acceptors (Lipinski definition) is 2. The topological polar surface area (TPSA) is 30.7 Å². The van der Waals surface area contributed by atoms with Gasteiger partial charge < -0.3 is 0 Å². The van der Waals surface area contributed by atoms with Gasteiger partial charge >= 0.3 is 0 Å². The van der Waals surface area contributed by atoms with Gasteiger partial charge in [-0.05, 0) is 30.6 Å². The molecule has 1 aromatic rings. The first-order valence-corrected chi connectivity index (χ1v) is 5.56. The smallest absolute Gasteiger partial charge is 0.0692 e. The Hall–Kier alpha value is -0.860. The quantitative estimate of drug-likeness (QED) is 0.735. The van der Waals surface area contributed by atoms with Crippen LogP contribution in [0, 0.1) is 11.3 Å². The van der Waals surface area contributed by atoms with Crippen molar-refractivity contribution in [1.29, 1.82) is 0 Å². The van der Waals surface area contributed by atoms with E-state index in [1.165, 1.54) is 25.7 Å². The van der Waals surface area contributed by atoms with Crippen molar-refractivity contribution in [2.45, 2.75) is 46.1 Å². The second kappa shape index (κ2) is 3.71. The van der Waals surface area contributed by atoms with Gasteiger partial charge in [-0.2, -0.15) is 0 Å². The van der Waals surface area contributed by atoms with E-state index in [2.05, 4.69) is 24.2 Å². The van der Waals surface area contributed by atoms with Crippen LogP contribution in [0.4, 0.5) is 0 Å². The van der Waals surface area contributed by atoms with E-state index in [4.69, 9.17) is 0 Å². The van der Waals surface area contributed by atoms with Crippen molar-refractivity contribution in [1.82, 2.24) is 15.0 Å². The monoisotopic (exact) mass is 193 g/mol. The van der Waals surface area contributed by atoms with Crippen LogP contribution < -0.4 is 0 Å². The maximum atomic E-state index is 4.00. The number of hydrogen-bond donors (Lipinski definition) is 0. The minimum atomic E-state index is 0.625. The first-order chi connectivity index (χ1) is 6.72. The summed E-state index contributed by atoms with van der Waals surface area (Å²) in [7, 11) is 0. The normalized spacial score (nSPS) is 31.4. The number of aromatic nitrogens is 3. The van der Waals surface area contributed by atoms with Crippen molar-refractivity contribution in [3.8, 4) is 0 Å². The van der Waals surface area contributed by atoms with E-state index in [1.54, 1.807) is 6.20 Å². The highest BCUT2D eigenvalue weighted by Gasteiger charge is 2.39. The molecule has 1 saturated carbocycles. The van der Waals surface area contributed by atoms with E-state index in [0.717, 1.165) is 12.5 Å². The predicted molar refractivity (Wildman–Crippen MR) is 55.8 cm³/mol. The maximum absolute atomic E-state index is 4.00. The highest BCUT2D eigenvalue weighted by molar-refractivity contribution is 4.89. The minimum absolute atomic E-state index is 0.625. The van der Waals surface area contributed by atoms with Gasteiger partial charge in [-0.1, -0.05) is 25.5 Å². The Bertz CT molecular complexity index is 273. The third-order valence-corrected chi connectivity index (χ3v) is 3.33. The molecule has 1 fully saturated rings. The lowest BCUT2D eigenvalue weighted by molar-refractivity contribution is 0.0503. The fourth-order valence-corrected chi connectivity index (χ4v) is 2.87. The van der Waals surface area contributed by atoms with Crippen LogP contribution in [0.15, 0.2) is 12.4 Å². The van der Waals surface area contributed by atoms with Crippen molar-refractivity contribution >= 4 is 0 Å². The molecule has 0 unspecified atom stereocenters. The van der Waals surface area contributed by atoms with E-state index in [0.29, 0.717) is 5.41 Å². The third kappa shape index (κ3) is 1.97. The summed E-state index contributed by atoms with van der Waals surface area (Å²) in [6.45, 7) is 5.74. The number of nitrogens with zero attached hydrogens (tertiary/aromatic N) is 3. The molecule has 0 N–H and O–H groups in total. The fourth-order valence-electron chi connectivity index (χ4n) is 2.87. The van der Waals surface area contributed by atoms with Gasteiger partial charge in [0.05, 0.1) is 6.20 Å². The predicted octanol–water partition coefficient (Wildman–Crippen LogP) is 2.49. The van der Waals surface area contributed by atoms with Gasteiger partial charge in [-0.15, -0.1) is 5.10 Å². The SMILES string of the molecule is CCCC1(C)CC(Cn2ccnn2)C1. The summed E-state index contributed by atoms with van der Waals surface area (Å²) in [5.74, 6) is 0.827. The highest BCUT2D eigenvalue weighted by Crippen LogP contribution is 2.48. The van der Waals surface area contributed by atoms with Crippen LogP contribution in [-0.2, 0) is 6.54 Å². The molecular formula is C11H19N3. The molecule has 1 aliphatic rings. The highest BCUT2D eigenvalue weighted by atomic mass is 15.4. The van der Waals surface area contributed by atoms with Gasteiger partial charge in [0.15, 0.2) is 0 Å². The molecule has 0 amide bonds. The summed E-state index contributed by atoms with van der Waals surface area (Å²) >= 11 is 0. The average molecular weight is 193 g/mol. The van der Waals surface area contributed by atoms with Gasteiger partial charge in [-0.3, -0.25) is 4.68 Å². The zero-order valence-electron chi connectivity index (χ0n) is 9.11. The molecule has 1 aromatic heterocycles. The first-order valence-electron chi connectivity index (χ1n) is 5.56. The molecule has 3 heteroatoms. The summed E-state index contributed by atoms with van der Waals surface area (Å²) in [4.78, 5) is 0. The van der Waals surface area contributed by atoms with Crippen LogP contribution in [0.3, 0.4) is 0 Å². The Morgan fingerprint density at radius 3 is 2.86 bits per heavy atom. The van der Waals surface area contributed by atoms with E-state index in [-0.39, 0.29) is 0 Å². The van der Waals surface area contributed by atoms with Gasteiger partial charge in [0, 0.05) is 12.7 Å². The molecule has 0 atom stereocenters. The molecule has 1 heterocycles. The molecule has 2 rings (SSSR count). The molecule has 78 valence electrons. The summed E-state index contributed by atoms with van der Waals surface area (Å²) in [5.41, 5.74) is 0.625. The molecular weight excluding hydrogens is 174 g/mol. The average Bonchev–Trinajstić information content (AvgIpc) is 2.54. The van der Waals surface area contributed by atoms with Crippen molar-refractivity contribution in [2.75, 3.05) is 0 Å². The summed E-state index contributed by atoms with van der Waals surface area (Å²) in [6.07, 6.45) is 9.12. The lowest BCUT2D eigenvalue weighted by atomic mass is 9.61. The molecule has 3 nitrogen and oxygen atoms in total. The molecule has 0 spiro atoms. The van der Waals surface area contributed by atoms with Crippen LogP contribution in [0.5, 0.6) is 0 Å². The Labute approximate surface area is 85.5 Å². The molecule has 1 aliphatic carbocycles. The lowest BCUT2D eigenvalue weighted by Gasteiger charge is -2.45. The van der Waals surface area contributed by atoms with Crippen molar-refractivity contribution < 1.29 is 0 Å². The zero-order chi connectivity index (χ0) is 10.0. The van der Waals surface area contributed by atoms with E-state index in [9.17, 15) is 0 Å². The molecule has 0 bridgehead atoms. The van der Waals surface area contributed by atoms with Crippen molar-refractivity contribution in [3.63, 3.8) is 0 Å². The largest absolute Gasteiger partial charge is 0.252 e. The third-order valence-electron chi connectivity index (χ3n) is 3.33. The Balaban J connectivity index is 1.78. The van der Waals surface area contributed by atoms with Gasteiger partial charge in [0.2, 0.25) is 0 Å². The fraction of sp³-hybridized carbons (Fsp3) is 0.818. The van der Waals surface area contributed by atoms with Gasteiger partial charge in [-0.25, -0.2) is 0 Å². The van der Waals surface area contributed by atoms with E-state index < -0.39 is 0 Å². The first kappa shape index (κ1) is 9.69. The summed E-state index contributed by atoms with van der Waals surface area (Å²) < 4.78 is 1.95. The molecule has 0 aromatic carbocycles. The van der Waals surface area contributed by atoms with E-state index >= 15 is 0 Å². The summed E-state index contributed by atoms with van der Waals surface area (Å²) in [5, 5.41) is 7.82. The van der Waals surface area contributed by atoms with E-state index in [1.807, 2.05) is 10.9 Å². The Morgan fingerprint density at radius 2 is 2.29 bits per heavy atom. The van der Waals surface area contributed by atoms with Crippen LogP contribution in [0.1, 0.15) is 39.5 Å². The molecule has 0 aliphatic heterocycles. The van der Waals surface area contributed by atoms with Crippen LogP contribution >= 0.6 is 0 Å². The second-order valence-electron chi connectivity index (χ2n) is 4.96. The van der Waals surface area contributed by atoms with Crippen LogP contribution in [-0.4, -0.2) is 15.0 Å². The van der Waals surface area contributed by atoms with Gasteiger partial charge in [0.1, 0.15) is 0 Å². The maximum Gasteiger partial charge on any atom is 0.0692 e. The molecule has 0 saturated heterocycles.